The first-order valence-corrected chi connectivity index (χ1v) is 6.84. The summed E-state index contributed by atoms with van der Waals surface area (Å²) in [6, 6.07) is 7.75. The molecule has 100 valence electrons. The molecule has 0 bridgehead atoms. The number of nitrogens with zero attached hydrogens (tertiary/aromatic N) is 1. The van der Waals surface area contributed by atoms with Crippen molar-refractivity contribution in [3.8, 4) is 0 Å². The molecule has 1 unspecified atom stereocenters. The van der Waals surface area contributed by atoms with Gasteiger partial charge in [-0.15, -0.1) is 0 Å². The third kappa shape index (κ3) is 2.95. The van der Waals surface area contributed by atoms with Crippen LogP contribution in [0.4, 0.5) is 0 Å². The van der Waals surface area contributed by atoms with E-state index in [4.69, 9.17) is 0 Å². The first-order valence-electron chi connectivity index (χ1n) is 6.84. The summed E-state index contributed by atoms with van der Waals surface area (Å²) in [4.78, 5) is 14.2. The van der Waals surface area contributed by atoms with E-state index in [1.165, 1.54) is 5.57 Å². The number of benzene rings is 1. The Morgan fingerprint density at radius 3 is 2.89 bits per heavy atom. The minimum Gasteiger partial charge on any atom is -0.341 e. The highest BCUT2D eigenvalue weighted by atomic mass is 16.2. The van der Waals surface area contributed by atoms with Gasteiger partial charge in [0.1, 0.15) is 0 Å². The van der Waals surface area contributed by atoms with Crippen molar-refractivity contribution in [3.63, 3.8) is 0 Å². The first kappa shape index (κ1) is 13.6. The highest BCUT2D eigenvalue weighted by Crippen LogP contribution is 2.23. The fourth-order valence-corrected chi connectivity index (χ4v) is 2.47. The SMILES string of the molecule is C=C(CCC)C1/C=C/c2ccccc2C(=O)N(C)C1. The number of carbonyl (C=O) groups excluding carboxylic acids is 1. The van der Waals surface area contributed by atoms with Gasteiger partial charge in [-0.1, -0.05) is 55.8 Å². The molecule has 0 aliphatic carbocycles. The third-order valence-electron chi connectivity index (χ3n) is 3.61. The Morgan fingerprint density at radius 2 is 2.16 bits per heavy atom. The largest absolute Gasteiger partial charge is 0.341 e. The molecule has 2 heteroatoms. The fourth-order valence-electron chi connectivity index (χ4n) is 2.47. The number of hydrogen-bond acceptors (Lipinski definition) is 1. The van der Waals surface area contributed by atoms with E-state index < -0.39 is 0 Å². The molecule has 0 N–H and O–H groups in total. The second kappa shape index (κ2) is 5.87. The first-order chi connectivity index (χ1) is 9.13. The van der Waals surface area contributed by atoms with E-state index in [1.54, 1.807) is 4.90 Å². The summed E-state index contributed by atoms with van der Waals surface area (Å²) in [5.74, 6) is 0.344. The molecule has 1 heterocycles. The summed E-state index contributed by atoms with van der Waals surface area (Å²) in [5.41, 5.74) is 2.98. The quantitative estimate of drug-likeness (QED) is 0.753. The van der Waals surface area contributed by atoms with Gasteiger partial charge in [0.2, 0.25) is 0 Å². The van der Waals surface area contributed by atoms with E-state index in [0.29, 0.717) is 6.54 Å². The molecule has 1 aromatic carbocycles. The Balaban J connectivity index is 2.35. The lowest BCUT2D eigenvalue weighted by Crippen LogP contribution is -2.33. The summed E-state index contributed by atoms with van der Waals surface area (Å²) in [6.45, 7) is 7.03. The molecular weight excluding hydrogens is 234 g/mol. The Bertz CT molecular complexity index is 516. The van der Waals surface area contributed by atoms with Gasteiger partial charge in [-0.25, -0.2) is 0 Å². The van der Waals surface area contributed by atoms with Gasteiger partial charge in [-0.3, -0.25) is 4.79 Å². The van der Waals surface area contributed by atoms with Gasteiger partial charge in [0.05, 0.1) is 0 Å². The van der Waals surface area contributed by atoms with Crippen LogP contribution in [0.25, 0.3) is 6.08 Å². The molecule has 1 aliphatic heterocycles. The highest BCUT2D eigenvalue weighted by Gasteiger charge is 2.21. The summed E-state index contributed by atoms with van der Waals surface area (Å²) >= 11 is 0. The molecule has 0 aromatic heterocycles. The van der Waals surface area contributed by atoms with Crippen molar-refractivity contribution in [1.29, 1.82) is 0 Å². The summed E-state index contributed by atoms with van der Waals surface area (Å²) in [5, 5.41) is 0. The number of fused-ring (bicyclic) bond motifs is 1. The van der Waals surface area contributed by atoms with Gasteiger partial charge in [0.15, 0.2) is 0 Å². The Morgan fingerprint density at radius 1 is 1.42 bits per heavy atom. The van der Waals surface area contributed by atoms with E-state index in [2.05, 4.69) is 25.7 Å². The zero-order valence-electron chi connectivity index (χ0n) is 11.7. The second-order valence-corrected chi connectivity index (χ2v) is 5.15. The van der Waals surface area contributed by atoms with Gasteiger partial charge >= 0.3 is 0 Å². The van der Waals surface area contributed by atoms with E-state index in [1.807, 2.05) is 31.3 Å². The Hall–Kier alpha value is -1.83. The highest BCUT2D eigenvalue weighted by molar-refractivity contribution is 5.98. The van der Waals surface area contributed by atoms with Crippen molar-refractivity contribution in [3.05, 3.63) is 53.6 Å². The average Bonchev–Trinajstić information content (AvgIpc) is 2.41. The van der Waals surface area contributed by atoms with Crippen molar-refractivity contribution in [2.24, 2.45) is 5.92 Å². The van der Waals surface area contributed by atoms with Crippen LogP contribution in [0.3, 0.4) is 0 Å². The standard InChI is InChI=1S/C17H21NO/c1-4-7-13(2)15-11-10-14-8-5-6-9-16(14)17(19)18(3)12-15/h5-6,8-11,15H,2,4,7,12H2,1,3H3/b11-10+. The number of carbonyl (C=O) groups is 1. The van der Waals surface area contributed by atoms with Gasteiger partial charge in [0, 0.05) is 25.1 Å². The zero-order chi connectivity index (χ0) is 13.8. The lowest BCUT2D eigenvalue weighted by atomic mass is 9.92. The van der Waals surface area contributed by atoms with Crippen LogP contribution in [0.5, 0.6) is 0 Å². The van der Waals surface area contributed by atoms with Gasteiger partial charge in [-0.2, -0.15) is 0 Å². The lowest BCUT2D eigenvalue weighted by Gasteiger charge is -2.26. The normalized spacial score (nSPS) is 20.4. The van der Waals surface area contributed by atoms with Crippen LogP contribution in [0.15, 0.2) is 42.5 Å². The molecule has 0 saturated carbocycles. The molecule has 0 radical (unpaired) electrons. The fraction of sp³-hybridized carbons (Fsp3) is 0.353. The maximum atomic E-state index is 12.4. The molecule has 1 aromatic rings. The average molecular weight is 255 g/mol. The predicted molar refractivity (Wildman–Crippen MR) is 80.0 cm³/mol. The molecular formula is C17H21NO. The van der Waals surface area contributed by atoms with Gasteiger partial charge < -0.3 is 4.90 Å². The Labute approximate surface area is 115 Å². The predicted octanol–water partition coefficient (Wildman–Crippen LogP) is 3.76. The molecule has 0 fully saturated rings. The molecule has 2 nitrogen and oxygen atoms in total. The van der Waals surface area contributed by atoms with Crippen molar-refractivity contribution in [2.75, 3.05) is 13.6 Å². The van der Waals surface area contributed by atoms with Crippen LogP contribution in [-0.2, 0) is 0 Å². The Kier molecular flexibility index (Phi) is 4.20. The third-order valence-corrected chi connectivity index (χ3v) is 3.61. The maximum absolute atomic E-state index is 12.4. The summed E-state index contributed by atoms with van der Waals surface area (Å²) in [6.07, 6.45) is 6.35. The minimum absolute atomic E-state index is 0.0919. The number of amides is 1. The molecule has 0 saturated heterocycles. The molecule has 19 heavy (non-hydrogen) atoms. The smallest absolute Gasteiger partial charge is 0.254 e. The number of rotatable bonds is 3. The van der Waals surface area contributed by atoms with Gasteiger partial charge in [0.25, 0.3) is 5.91 Å². The molecule has 2 rings (SSSR count). The van der Waals surface area contributed by atoms with E-state index in [0.717, 1.165) is 24.0 Å². The van der Waals surface area contributed by atoms with Crippen LogP contribution >= 0.6 is 0 Å². The van der Waals surface area contributed by atoms with Gasteiger partial charge in [-0.05, 0) is 18.1 Å². The van der Waals surface area contributed by atoms with Crippen LogP contribution in [0, 0.1) is 5.92 Å². The molecule has 1 amide bonds. The summed E-state index contributed by atoms with van der Waals surface area (Å²) in [7, 11) is 1.87. The van der Waals surface area contributed by atoms with Crippen molar-refractivity contribution in [1.82, 2.24) is 4.90 Å². The van der Waals surface area contributed by atoms with Crippen LogP contribution in [-0.4, -0.2) is 24.4 Å². The van der Waals surface area contributed by atoms with Crippen molar-refractivity contribution >= 4 is 12.0 Å². The van der Waals surface area contributed by atoms with E-state index >= 15 is 0 Å². The topological polar surface area (TPSA) is 20.3 Å². The lowest BCUT2D eigenvalue weighted by molar-refractivity contribution is 0.0785. The van der Waals surface area contributed by atoms with Crippen molar-refractivity contribution in [2.45, 2.75) is 19.8 Å². The minimum atomic E-state index is 0.0919. The van der Waals surface area contributed by atoms with Crippen molar-refractivity contribution < 1.29 is 4.79 Å². The van der Waals surface area contributed by atoms with E-state index in [9.17, 15) is 4.79 Å². The summed E-state index contributed by atoms with van der Waals surface area (Å²) < 4.78 is 0. The molecule has 1 atom stereocenters. The monoisotopic (exact) mass is 255 g/mol. The zero-order valence-corrected chi connectivity index (χ0v) is 11.7. The van der Waals surface area contributed by atoms with E-state index in [-0.39, 0.29) is 11.8 Å². The van der Waals surface area contributed by atoms with Crippen LogP contribution < -0.4 is 0 Å². The van der Waals surface area contributed by atoms with Crippen LogP contribution in [0.2, 0.25) is 0 Å². The van der Waals surface area contributed by atoms with Crippen LogP contribution in [0.1, 0.15) is 35.7 Å². The second-order valence-electron chi connectivity index (χ2n) is 5.15. The molecule has 0 spiro atoms. The maximum Gasteiger partial charge on any atom is 0.254 e. The molecule has 1 aliphatic rings. The number of hydrogen-bond donors (Lipinski definition) is 0.